The summed E-state index contributed by atoms with van der Waals surface area (Å²) >= 11 is 0. The number of carbonyl (C=O) groups excluding carboxylic acids is 1. The Kier molecular flexibility index (Phi) is 4.81. The van der Waals surface area contributed by atoms with Gasteiger partial charge in [-0.05, 0) is 17.7 Å². The van der Waals surface area contributed by atoms with E-state index in [0.717, 1.165) is 12.1 Å². The molecule has 0 fully saturated rings. The lowest BCUT2D eigenvalue weighted by molar-refractivity contribution is -0.137. The number of halogens is 3. The number of benzene rings is 1. The summed E-state index contributed by atoms with van der Waals surface area (Å²) in [5.41, 5.74) is 6.05. The van der Waals surface area contributed by atoms with E-state index in [1.165, 1.54) is 18.5 Å². The van der Waals surface area contributed by atoms with Gasteiger partial charge in [-0.1, -0.05) is 12.1 Å². The smallest absolute Gasteiger partial charge is 0.351 e. The van der Waals surface area contributed by atoms with Crippen LogP contribution in [0.25, 0.3) is 0 Å². The number of rotatable bonds is 5. The molecule has 8 heteroatoms. The van der Waals surface area contributed by atoms with Crippen LogP contribution in [-0.2, 0) is 23.9 Å². The summed E-state index contributed by atoms with van der Waals surface area (Å²) < 4.78 is 37.8. The first kappa shape index (κ1) is 16.0. The van der Waals surface area contributed by atoms with Crippen molar-refractivity contribution < 1.29 is 18.0 Å². The molecular weight excluding hydrogens is 297 g/mol. The van der Waals surface area contributed by atoms with Crippen LogP contribution in [0.2, 0.25) is 0 Å². The average Bonchev–Trinajstić information content (AvgIpc) is 2.97. The molecule has 0 aliphatic rings. The van der Waals surface area contributed by atoms with Crippen molar-refractivity contribution >= 4 is 5.91 Å². The van der Waals surface area contributed by atoms with Gasteiger partial charge < -0.3 is 16.0 Å². The number of H-pyrrole nitrogens is 1. The number of nitrogens with two attached hydrogens (primary N) is 1. The second-order valence-electron chi connectivity index (χ2n) is 4.80. The quantitative estimate of drug-likeness (QED) is 0.784. The van der Waals surface area contributed by atoms with E-state index in [-0.39, 0.29) is 13.0 Å². The molecule has 0 bridgehead atoms. The van der Waals surface area contributed by atoms with Gasteiger partial charge in [-0.2, -0.15) is 13.2 Å². The Balaban J connectivity index is 1.91. The number of nitrogens with zero attached hydrogens (tertiary/aromatic N) is 1. The van der Waals surface area contributed by atoms with Gasteiger partial charge in [-0.3, -0.25) is 4.79 Å². The van der Waals surface area contributed by atoms with Crippen LogP contribution in [0.4, 0.5) is 13.2 Å². The van der Waals surface area contributed by atoms with Gasteiger partial charge in [-0.15, -0.1) is 0 Å². The van der Waals surface area contributed by atoms with Crippen LogP contribution in [-0.4, -0.2) is 21.9 Å². The SMILES string of the molecule is N[C@H](Cc1cnc[nH]1)C(=O)NCc1cccc(C(F)(F)F)c1. The highest BCUT2D eigenvalue weighted by Crippen LogP contribution is 2.29. The fourth-order valence-corrected chi connectivity index (χ4v) is 1.90. The van der Waals surface area contributed by atoms with Crippen molar-refractivity contribution in [3.05, 3.63) is 53.6 Å². The van der Waals surface area contributed by atoms with E-state index in [2.05, 4.69) is 15.3 Å². The highest BCUT2D eigenvalue weighted by atomic mass is 19.4. The van der Waals surface area contributed by atoms with E-state index in [4.69, 9.17) is 5.73 Å². The maximum Gasteiger partial charge on any atom is 0.416 e. The fourth-order valence-electron chi connectivity index (χ4n) is 1.90. The zero-order chi connectivity index (χ0) is 16.2. The second kappa shape index (κ2) is 6.61. The zero-order valence-electron chi connectivity index (χ0n) is 11.5. The Labute approximate surface area is 124 Å². The first-order valence-corrected chi connectivity index (χ1v) is 6.53. The van der Waals surface area contributed by atoms with Crippen LogP contribution in [0.3, 0.4) is 0 Å². The molecule has 1 aromatic heterocycles. The Morgan fingerprint density at radius 2 is 2.18 bits per heavy atom. The molecule has 1 aromatic carbocycles. The molecule has 5 nitrogen and oxygen atoms in total. The Bertz CT molecular complexity index is 625. The first-order chi connectivity index (χ1) is 10.4. The number of imidazole rings is 1. The van der Waals surface area contributed by atoms with Crippen LogP contribution in [0, 0.1) is 0 Å². The third kappa shape index (κ3) is 4.32. The van der Waals surface area contributed by atoms with E-state index in [9.17, 15) is 18.0 Å². The van der Waals surface area contributed by atoms with Crippen LogP contribution >= 0.6 is 0 Å². The highest BCUT2D eigenvalue weighted by Gasteiger charge is 2.30. The highest BCUT2D eigenvalue weighted by molar-refractivity contribution is 5.81. The standard InChI is InChI=1S/C14H15F3N4O/c15-14(16,17)10-3-1-2-9(4-10)6-20-13(22)12(18)5-11-7-19-8-21-11/h1-4,7-8,12H,5-6,18H2,(H,19,21)(H,20,22)/t12-/m1/s1. The van der Waals surface area contributed by atoms with Gasteiger partial charge >= 0.3 is 6.18 Å². The molecule has 118 valence electrons. The monoisotopic (exact) mass is 312 g/mol. The van der Waals surface area contributed by atoms with Crippen LogP contribution < -0.4 is 11.1 Å². The molecule has 0 unspecified atom stereocenters. The number of alkyl halides is 3. The fraction of sp³-hybridized carbons (Fsp3) is 0.286. The van der Waals surface area contributed by atoms with Gasteiger partial charge in [0.25, 0.3) is 0 Å². The first-order valence-electron chi connectivity index (χ1n) is 6.53. The molecule has 0 spiro atoms. The number of hydrogen-bond acceptors (Lipinski definition) is 3. The molecule has 0 radical (unpaired) electrons. The summed E-state index contributed by atoms with van der Waals surface area (Å²) in [4.78, 5) is 18.5. The summed E-state index contributed by atoms with van der Waals surface area (Å²) in [6, 6.07) is 3.99. The molecule has 22 heavy (non-hydrogen) atoms. The predicted molar refractivity (Wildman–Crippen MR) is 73.6 cm³/mol. The van der Waals surface area contributed by atoms with E-state index >= 15 is 0 Å². The minimum absolute atomic E-state index is 0.0145. The van der Waals surface area contributed by atoms with Crippen LogP contribution in [0.1, 0.15) is 16.8 Å². The van der Waals surface area contributed by atoms with E-state index in [0.29, 0.717) is 11.3 Å². The number of aromatic nitrogens is 2. The number of aromatic amines is 1. The molecule has 1 atom stereocenters. The maximum absolute atomic E-state index is 12.6. The molecule has 1 heterocycles. The zero-order valence-corrected chi connectivity index (χ0v) is 11.5. The number of hydrogen-bond donors (Lipinski definition) is 3. The molecule has 2 rings (SSSR count). The van der Waals surface area contributed by atoms with Gasteiger partial charge in [0.2, 0.25) is 5.91 Å². The van der Waals surface area contributed by atoms with Crippen molar-refractivity contribution in [1.29, 1.82) is 0 Å². The number of carbonyl (C=O) groups is 1. The molecule has 0 aliphatic heterocycles. The Morgan fingerprint density at radius 3 is 2.82 bits per heavy atom. The lowest BCUT2D eigenvalue weighted by atomic mass is 10.1. The van der Waals surface area contributed by atoms with E-state index < -0.39 is 23.7 Å². The van der Waals surface area contributed by atoms with Crippen molar-refractivity contribution in [3.63, 3.8) is 0 Å². The minimum atomic E-state index is -4.41. The Morgan fingerprint density at radius 1 is 1.41 bits per heavy atom. The molecule has 0 saturated heterocycles. The van der Waals surface area contributed by atoms with Crippen molar-refractivity contribution in [2.45, 2.75) is 25.2 Å². The molecule has 2 aromatic rings. The lowest BCUT2D eigenvalue weighted by Crippen LogP contribution is -2.41. The van der Waals surface area contributed by atoms with Gasteiger partial charge in [0, 0.05) is 24.9 Å². The topological polar surface area (TPSA) is 83.8 Å². The second-order valence-corrected chi connectivity index (χ2v) is 4.80. The largest absolute Gasteiger partial charge is 0.416 e. The molecule has 4 N–H and O–H groups in total. The summed E-state index contributed by atoms with van der Waals surface area (Å²) in [5.74, 6) is -0.438. The van der Waals surface area contributed by atoms with Gasteiger partial charge in [0.15, 0.2) is 0 Å². The van der Waals surface area contributed by atoms with Gasteiger partial charge in [0.1, 0.15) is 0 Å². The Hall–Kier alpha value is -2.35. The average molecular weight is 312 g/mol. The normalized spacial score (nSPS) is 12.9. The minimum Gasteiger partial charge on any atom is -0.351 e. The maximum atomic E-state index is 12.6. The van der Waals surface area contributed by atoms with E-state index in [1.807, 2.05) is 0 Å². The molecule has 1 amide bonds. The summed E-state index contributed by atoms with van der Waals surface area (Å²) in [5, 5.41) is 2.52. The molecular formula is C14H15F3N4O. The number of amides is 1. The lowest BCUT2D eigenvalue weighted by Gasteiger charge is -2.12. The van der Waals surface area contributed by atoms with Crippen molar-refractivity contribution in [2.75, 3.05) is 0 Å². The molecule has 0 aliphatic carbocycles. The van der Waals surface area contributed by atoms with Crippen molar-refractivity contribution in [3.8, 4) is 0 Å². The summed E-state index contributed by atoms with van der Waals surface area (Å²) in [6.07, 6.45) is -1.10. The van der Waals surface area contributed by atoms with Crippen LogP contribution in [0.15, 0.2) is 36.8 Å². The van der Waals surface area contributed by atoms with Crippen molar-refractivity contribution in [2.24, 2.45) is 5.73 Å². The third-order valence-corrected chi connectivity index (χ3v) is 3.05. The van der Waals surface area contributed by atoms with Crippen LogP contribution in [0.5, 0.6) is 0 Å². The number of nitrogens with one attached hydrogen (secondary N) is 2. The summed E-state index contributed by atoms with van der Waals surface area (Å²) in [6.45, 7) is -0.0145. The molecule has 0 saturated carbocycles. The van der Waals surface area contributed by atoms with Gasteiger partial charge in [-0.25, -0.2) is 4.98 Å². The third-order valence-electron chi connectivity index (χ3n) is 3.05. The van der Waals surface area contributed by atoms with Crippen molar-refractivity contribution in [1.82, 2.24) is 15.3 Å². The predicted octanol–water partition coefficient (Wildman–Crippen LogP) is 1.61. The van der Waals surface area contributed by atoms with Gasteiger partial charge in [0.05, 0.1) is 17.9 Å². The summed E-state index contributed by atoms with van der Waals surface area (Å²) in [7, 11) is 0. The van der Waals surface area contributed by atoms with E-state index in [1.54, 1.807) is 6.20 Å².